The first-order valence-electron chi connectivity index (χ1n) is 8.10. The third kappa shape index (κ3) is 3.58. The summed E-state index contributed by atoms with van der Waals surface area (Å²) in [6.07, 6.45) is 3.75. The molecular formula is C17H24N6O. The van der Waals surface area contributed by atoms with Crippen LogP contribution in [0.3, 0.4) is 0 Å². The van der Waals surface area contributed by atoms with Gasteiger partial charge in [-0.25, -0.2) is 4.99 Å². The van der Waals surface area contributed by atoms with Gasteiger partial charge in [-0.15, -0.1) is 0 Å². The van der Waals surface area contributed by atoms with Crippen LogP contribution in [0.5, 0.6) is 0 Å². The molecule has 1 aromatic rings. The van der Waals surface area contributed by atoms with Crippen LogP contribution in [0.1, 0.15) is 11.1 Å². The topological polar surface area (TPSA) is 100.0 Å². The van der Waals surface area contributed by atoms with E-state index >= 15 is 0 Å². The van der Waals surface area contributed by atoms with E-state index in [1.54, 1.807) is 12.3 Å². The number of hydrogen-bond acceptors (Lipinski definition) is 6. The molecule has 7 heteroatoms. The zero-order valence-corrected chi connectivity index (χ0v) is 13.9. The maximum absolute atomic E-state index is 12.4. The molecule has 24 heavy (non-hydrogen) atoms. The van der Waals surface area contributed by atoms with Gasteiger partial charge in [0.2, 0.25) is 11.7 Å². The minimum absolute atomic E-state index is 0.166. The minimum atomic E-state index is -1.06. The van der Waals surface area contributed by atoms with Crippen LogP contribution in [-0.4, -0.2) is 54.8 Å². The van der Waals surface area contributed by atoms with E-state index in [4.69, 9.17) is 11.5 Å². The average molecular weight is 328 g/mol. The van der Waals surface area contributed by atoms with Crippen LogP contribution in [0.2, 0.25) is 0 Å². The van der Waals surface area contributed by atoms with Crippen LogP contribution in [0.15, 0.2) is 41.5 Å². The lowest BCUT2D eigenvalue weighted by Gasteiger charge is -2.32. The summed E-state index contributed by atoms with van der Waals surface area (Å²) in [5.41, 5.74) is 13.7. The largest absolute Gasteiger partial charge is 0.384 e. The molecule has 3 rings (SSSR count). The zero-order chi connectivity index (χ0) is 17.2. The van der Waals surface area contributed by atoms with Crippen LogP contribution in [0, 0.1) is 0 Å². The van der Waals surface area contributed by atoms with Crippen LogP contribution in [0.25, 0.3) is 0 Å². The molecule has 0 aliphatic carbocycles. The molecule has 0 saturated carbocycles. The van der Waals surface area contributed by atoms with E-state index in [0.29, 0.717) is 12.3 Å². The van der Waals surface area contributed by atoms with Gasteiger partial charge < -0.3 is 20.9 Å². The van der Waals surface area contributed by atoms with E-state index in [9.17, 15) is 4.79 Å². The lowest BCUT2D eigenvalue weighted by atomic mass is 10.0. The molecule has 1 atom stereocenters. The number of nitrogens with two attached hydrogens (primary N) is 2. The number of amidine groups is 1. The number of carbonyl (C=O) groups is 1. The Morgan fingerprint density at radius 3 is 2.54 bits per heavy atom. The van der Waals surface area contributed by atoms with Gasteiger partial charge in [-0.3, -0.25) is 10.5 Å². The average Bonchev–Trinajstić information content (AvgIpc) is 2.56. The van der Waals surface area contributed by atoms with Crippen LogP contribution >= 0.6 is 0 Å². The van der Waals surface area contributed by atoms with E-state index in [1.165, 1.54) is 0 Å². The first-order valence-corrected chi connectivity index (χ1v) is 8.10. The SMILES string of the molecule is CN1CCN(C(=O)Cc2ccc(C3(N)N=C(N)C=CN3)cc2)CC1. The summed E-state index contributed by atoms with van der Waals surface area (Å²) < 4.78 is 0. The molecule has 0 radical (unpaired) electrons. The van der Waals surface area contributed by atoms with Gasteiger partial charge in [0.15, 0.2) is 0 Å². The smallest absolute Gasteiger partial charge is 0.227 e. The quantitative estimate of drug-likeness (QED) is 0.698. The number of piperazine rings is 1. The molecule has 1 amide bonds. The van der Waals surface area contributed by atoms with Crippen molar-refractivity contribution in [3.05, 3.63) is 47.7 Å². The zero-order valence-electron chi connectivity index (χ0n) is 13.9. The fourth-order valence-corrected chi connectivity index (χ4v) is 2.89. The Bertz CT molecular complexity index is 660. The van der Waals surface area contributed by atoms with Crippen molar-refractivity contribution < 1.29 is 4.79 Å². The summed E-state index contributed by atoms with van der Waals surface area (Å²) in [5, 5.41) is 3.01. The monoisotopic (exact) mass is 328 g/mol. The molecule has 0 bridgehead atoms. The maximum atomic E-state index is 12.4. The highest BCUT2D eigenvalue weighted by Gasteiger charge is 2.27. The van der Waals surface area contributed by atoms with Gasteiger partial charge >= 0.3 is 0 Å². The molecule has 2 aliphatic rings. The Balaban J connectivity index is 1.65. The Morgan fingerprint density at radius 2 is 1.92 bits per heavy atom. The second-order valence-electron chi connectivity index (χ2n) is 6.34. The van der Waals surface area contributed by atoms with E-state index in [2.05, 4.69) is 22.3 Å². The summed E-state index contributed by atoms with van der Waals surface area (Å²) in [6.45, 7) is 3.45. The number of rotatable bonds is 3. The molecular weight excluding hydrogens is 304 g/mol. The third-order valence-electron chi connectivity index (χ3n) is 4.47. The first-order chi connectivity index (χ1) is 11.5. The van der Waals surface area contributed by atoms with E-state index in [0.717, 1.165) is 37.3 Å². The lowest BCUT2D eigenvalue weighted by molar-refractivity contribution is -0.132. The Morgan fingerprint density at radius 1 is 1.25 bits per heavy atom. The maximum Gasteiger partial charge on any atom is 0.227 e. The third-order valence-corrected chi connectivity index (χ3v) is 4.47. The van der Waals surface area contributed by atoms with Crippen LogP contribution in [0.4, 0.5) is 0 Å². The van der Waals surface area contributed by atoms with Crippen molar-refractivity contribution in [1.29, 1.82) is 0 Å². The molecule has 1 aromatic carbocycles. The molecule has 1 unspecified atom stereocenters. The van der Waals surface area contributed by atoms with E-state index in [1.807, 2.05) is 29.2 Å². The molecule has 0 aromatic heterocycles. The molecule has 5 N–H and O–H groups in total. The number of likely N-dealkylation sites (N-methyl/N-ethyl adjacent to an activating group) is 1. The summed E-state index contributed by atoms with van der Waals surface area (Å²) in [7, 11) is 2.08. The fraction of sp³-hybridized carbons (Fsp3) is 0.412. The fourth-order valence-electron chi connectivity index (χ4n) is 2.89. The Hall–Kier alpha value is -2.38. The molecule has 0 spiro atoms. The van der Waals surface area contributed by atoms with Gasteiger partial charge in [-0.1, -0.05) is 24.3 Å². The van der Waals surface area contributed by atoms with Crippen molar-refractivity contribution in [2.45, 2.75) is 12.2 Å². The summed E-state index contributed by atoms with van der Waals surface area (Å²) >= 11 is 0. The van der Waals surface area contributed by atoms with Gasteiger partial charge in [0, 0.05) is 37.9 Å². The molecule has 2 heterocycles. The predicted molar refractivity (Wildman–Crippen MR) is 94.0 cm³/mol. The number of nitrogens with zero attached hydrogens (tertiary/aromatic N) is 3. The predicted octanol–water partition coefficient (Wildman–Crippen LogP) is -0.454. The summed E-state index contributed by atoms with van der Waals surface area (Å²) in [6, 6.07) is 7.61. The highest BCUT2D eigenvalue weighted by molar-refractivity contribution is 5.92. The normalized spacial score (nSPS) is 24.4. The van der Waals surface area contributed by atoms with Crippen molar-refractivity contribution in [2.24, 2.45) is 16.5 Å². The standard InChI is InChI=1S/C17H24N6O/c1-22-8-10-23(11-9-22)16(24)12-13-2-4-14(5-3-13)17(19)20-7-6-15(18)21-17/h2-7,20H,8-12,19H2,1H3,(H2,18,21). The van der Waals surface area contributed by atoms with Crippen molar-refractivity contribution in [3.63, 3.8) is 0 Å². The van der Waals surface area contributed by atoms with Crippen molar-refractivity contribution in [3.8, 4) is 0 Å². The van der Waals surface area contributed by atoms with Gasteiger partial charge in [-0.05, 0) is 18.7 Å². The molecule has 128 valence electrons. The number of nitrogens with one attached hydrogen (secondary N) is 1. The number of benzene rings is 1. The first kappa shape index (κ1) is 16.5. The number of amides is 1. The lowest BCUT2D eigenvalue weighted by Crippen LogP contribution is -2.49. The second-order valence-corrected chi connectivity index (χ2v) is 6.34. The molecule has 1 saturated heterocycles. The Labute approximate surface area is 142 Å². The summed E-state index contributed by atoms with van der Waals surface area (Å²) in [5.74, 6) is -0.511. The van der Waals surface area contributed by atoms with Crippen molar-refractivity contribution in [2.75, 3.05) is 33.2 Å². The van der Waals surface area contributed by atoms with Gasteiger partial charge in [-0.2, -0.15) is 0 Å². The van der Waals surface area contributed by atoms with E-state index < -0.39 is 5.79 Å². The van der Waals surface area contributed by atoms with Gasteiger partial charge in [0.05, 0.1) is 6.42 Å². The number of carbonyl (C=O) groups excluding carboxylic acids is 1. The van der Waals surface area contributed by atoms with Crippen LogP contribution in [-0.2, 0) is 17.0 Å². The van der Waals surface area contributed by atoms with Gasteiger partial charge in [0.25, 0.3) is 0 Å². The molecule has 1 fully saturated rings. The highest BCUT2D eigenvalue weighted by Crippen LogP contribution is 2.20. The number of hydrogen-bond donors (Lipinski definition) is 3. The molecule has 7 nitrogen and oxygen atoms in total. The van der Waals surface area contributed by atoms with Crippen LogP contribution < -0.4 is 16.8 Å². The minimum Gasteiger partial charge on any atom is -0.384 e. The molecule has 2 aliphatic heterocycles. The number of aliphatic imine (C=N–C) groups is 1. The second kappa shape index (κ2) is 6.62. The van der Waals surface area contributed by atoms with E-state index in [-0.39, 0.29) is 5.91 Å². The summed E-state index contributed by atoms with van der Waals surface area (Å²) in [4.78, 5) is 20.8. The Kier molecular flexibility index (Phi) is 4.55. The van der Waals surface area contributed by atoms with Crippen molar-refractivity contribution in [1.82, 2.24) is 15.1 Å². The van der Waals surface area contributed by atoms with Crippen molar-refractivity contribution >= 4 is 11.7 Å². The van der Waals surface area contributed by atoms with Gasteiger partial charge in [0.1, 0.15) is 5.84 Å². The highest BCUT2D eigenvalue weighted by atomic mass is 16.2.